The van der Waals surface area contributed by atoms with Crippen molar-refractivity contribution in [2.75, 3.05) is 0 Å². The van der Waals surface area contributed by atoms with Gasteiger partial charge in [-0.05, 0) is 37.5 Å². The van der Waals surface area contributed by atoms with E-state index in [9.17, 15) is 4.79 Å². The number of allylic oxidation sites excluding steroid dienone is 2. The largest absolute Gasteiger partial charge is 0.300 e. The van der Waals surface area contributed by atoms with Crippen molar-refractivity contribution >= 4 is 5.78 Å². The fraction of sp³-hybridized carbons (Fsp3) is 0.769. The van der Waals surface area contributed by atoms with Crippen molar-refractivity contribution in [1.82, 2.24) is 0 Å². The molecule has 0 aromatic rings. The van der Waals surface area contributed by atoms with Crippen LogP contribution in [0.3, 0.4) is 0 Å². The van der Waals surface area contributed by atoms with Crippen LogP contribution in [0.15, 0.2) is 11.6 Å². The highest BCUT2D eigenvalue weighted by Crippen LogP contribution is 2.37. The van der Waals surface area contributed by atoms with Crippen LogP contribution in [-0.2, 0) is 4.79 Å². The van der Waals surface area contributed by atoms with Gasteiger partial charge in [0.05, 0.1) is 0 Å². The Morgan fingerprint density at radius 3 is 3.00 bits per heavy atom. The summed E-state index contributed by atoms with van der Waals surface area (Å²) < 4.78 is 0. The minimum absolute atomic E-state index is 0.471. The number of rotatable bonds is 0. The van der Waals surface area contributed by atoms with E-state index in [1.54, 1.807) is 5.57 Å². The van der Waals surface area contributed by atoms with Gasteiger partial charge >= 0.3 is 0 Å². The van der Waals surface area contributed by atoms with E-state index in [0.717, 1.165) is 25.2 Å². The summed E-state index contributed by atoms with van der Waals surface area (Å²) in [6.45, 7) is 2.26. The first-order chi connectivity index (χ1) is 6.77. The molecule has 0 unspecified atom stereocenters. The third-order valence-electron chi connectivity index (χ3n) is 3.77. The lowest BCUT2D eigenvalue weighted by atomic mass is 9.73. The van der Waals surface area contributed by atoms with Crippen LogP contribution in [0.25, 0.3) is 0 Å². The summed E-state index contributed by atoms with van der Waals surface area (Å²) in [6.07, 6.45) is 10.3. The maximum atomic E-state index is 11.5. The molecule has 14 heavy (non-hydrogen) atoms. The highest BCUT2D eigenvalue weighted by Gasteiger charge is 2.26. The van der Waals surface area contributed by atoms with E-state index in [1.807, 2.05) is 0 Å². The summed E-state index contributed by atoms with van der Waals surface area (Å²) in [5.41, 5.74) is 1.66. The van der Waals surface area contributed by atoms with E-state index in [0.29, 0.717) is 11.7 Å². The number of hydrogen-bond donors (Lipinski definition) is 0. The molecule has 0 spiro atoms. The Bertz CT molecular complexity index is 252. The van der Waals surface area contributed by atoms with Gasteiger partial charge in [-0.3, -0.25) is 4.79 Å². The molecule has 0 N–H and O–H groups in total. The molecule has 0 radical (unpaired) electrons. The van der Waals surface area contributed by atoms with Gasteiger partial charge in [0.15, 0.2) is 0 Å². The van der Waals surface area contributed by atoms with E-state index in [-0.39, 0.29) is 0 Å². The van der Waals surface area contributed by atoms with Crippen LogP contribution < -0.4 is 0 Å². The number of fused-ring (bicyclic) bond motifs is 1. The van der Waals surface area contributed by atoms with Crippen LogP contribution in [-0.4, -0.2) is 5.78 Å². The molecule has 1 heteroatoms. The van der Waals surface area contributed by atoms with E-state index in [1.165, 1.54) is 25.7 Å². The Morgan fingerprint density at radius 2 is 2.14 bits per heavy atom. The van der Waals surface area contributed by atoms with Gasteiger partial charge in [0.1, 0.15) is 5.78 Å². The van der Waals surface area contributed by atoms with Crippen LogP contribution in [0.1, 0.15) is 51.9 Å². The first-order valence-electron chi connectivity index (χ1n) is 5.98. The van der Waals surface area contributed by atoms with Crippen molar-refractivity contribution in [2.45, 2.75) is 51.9 Å². The number of ketones is 1. The quantitative estimate of drug-likeness (QED) is 0.537. The second kappa shape index (κ2) is 4.29. The van der Waals surface area contributed by atoms with Crippen LogP contribution in [0, 0.1) is 11.8 Å². The molecule has 0 amide bonds. The van der Waals surface area contributed by atoms with Gasteiger partial charge < -0.3 is 0 Å². The standard InChI is InChI=1S/C13H20O/c1-10-9-12(14)7-4-6-11-5-2-3-8-13(10)11/h6,10,13H,2-5,7-9H2,1H3/b11-6-/t10-,13+/m0/s1. The summed E-state index contributed by atoms with van der Waals surface area (Å²) >= 11 is 0. The first kappa shape index (κ1) is 9.95. The SMILES string of the molecule is C[C@H]1CC(=O)CC/C=C2/CCCC[C@@H]21. The zero-order chi connectivity index (χ0) is 9.97. The lowest BCUT2D eigenvalue weighted by molar-refractivity contribution is -0.120. The van der Waals surface area contributed by atoms with Crippen molar-refractivity contribution < 1.29 is 4.79 Å². The third kappa shape index (κ3) is 2.08. The number of hydrogen-bond acceptors (Lipinski definition) is 1. The molecule has 2 atom stereocenters. The molecule has 0 aromatic carbocycles. The van der Waals surface area contributed by atoms with Gasteiger partial charge in [-0.15, -0.1) is 0 Å². The molecule has 0 bridgehead atoms. The number of Topliss-reactive ketones (excluding diaryl/α,β-unsaturated/α-hetero) is 1. The van der Waals surface area contributed by atoms with Gasteiger partial charge in [0.25, 0.3) is 0 Å². The molecule has 2 rings (SSSR count). The predicted molar refractivity (Wildman–Crippen MR) is 58.1 cm³/mol. The monoisotopic (exact) mass is 192 g/mol. The molecule has 0 saturated heterocycles. The average Bonchev–Trinajstić information content (AvgIpc) is 2.16. The van der Waals surface area contributed by atoms with E-state index < -0.39 is 0 Å². The Morgan fingerprint density at radius 1 is 1.29 bits per heavy atom. The highest BCUT2D eigenvalue weighted by molar-refractivity contribution is 5.79. The summed E-state index contributed by atoms with van der Waals surface area (Å²) in [5, 5.41) is 0. The highest BCUT2D eigenvalue weighted by atomic mass is 16.1. The Labute approximate surface area is 86.6 Å². The predicted octanol–water partition coefficient (Wildman–Crippen LogP) is 3.49. The lowest BCUT2D eigenvalue weighted by Crippen LogP contribution is -2.22. The van der Waals surface area contributed by atoms with Crippen molar-refractivity contribution in [1.29, 1.82) is 0 Å². The lowest BCUT2D eigenvalue weighted by Gasteiger charge is -2.31. The van der Waals surface area contributed by atoms with Crippen molar-refractivity contribution in [3.8, 4) is 0 Å². The summed E-state index contributed by atoms with van der Waals surface area (Å²) in [7, 11) is 0. The molecular formula is C13H20O. The summed E-state index contributed by atoms with van der Waals surface area (Å²) in [6, 6.07) is 0. The molecule has 1 saturated carbocycles. The maximum absolute atomic E-state index is 11.5. The molecule has 0 heterocycles. The normalized spacial score (nSPS) is 37.8. The van der Waals surface area contributed by atoms with Crippen molar-refractivity contribution in [3.63, 3.8) is 0 Å². The van der Waals surface area contributed by atoms with Crippen molar-refractivity contribution in [3.05, 3.63) is 11.6 Å². The van der Waals surface area contributed by atoms with Crippen LogP contribution in [0.2, 0.25) is 0 Å². The Kier molecular flexibility index (Phi) is 3.05. The minimum Gasteiger partial charge on any atom is -0.300 e. The van der Waals surface area contributed by atoms with E-state index >= 15 is 0 Å². The zero-order valence-electron chi connectivity index (χ0n) is 9.09. The summed E-state index contributed by atoms with van der Waals surface area (Å²) in [5.74, 6) is 1.79. The fourth-order valence-corrected chi connectivity index (χ4v) is 2.99. The van der Waals surface area contributed by atoms with Crippen LogP contribution >= 0.6 is 0 Å². The van der Waals surface area contributed by atoms with E-state index in [2.05, 4.69) is 13.0 Å². The first-order valence-corrected chi connectivity index (χ1v) is 5.98. The molecule has 2 aliphatic rings. The second-order valence-electron chi connectivity index (χ2n) is 4.89. The summed E-state index contributed by atoms with van der Waals surface area (Å²) in [4.78, 5) is 11.5. The molecule has 0 aromatic heterocycles. The zero-order valence-corrected chi connectivity index (χ0v) is 9.09. The average molecular weight is 192 g/mol. The molecule has 78 valence electrons. The molecule has 0 aliphatic heterocycles. The number of carbonyl (C=O) groups excluding carboxylic acids is 1. The minimum atomic E-state index is 0.471. The van der Waals surface area contributed by atoms with E-state index in [4.69, 9.17) is 0 Å². The molecule has 1 nitrogen and oxygen atoms in total. The maximum Gasteiger partial charge on any atom is 0.133 e. The van der Waals surface area contributed by atoms with Gasteiger partial charge in [-0.2, -0.15) is 0 Å². The topological polar surface area (TPSA) is 17.1 Å². The van der Waals surface area contributed by atoms with Crippen LogP contribution in [0.5, 0.6) is 0 Å². The second-order valence-corrected chi connectivity index (χ2v) is 4.89. The third-order valence-corrected chi connectivity index (χ3v) is 3.77. The Hall–Kier alpha value is -0.590. The Balaban J connectivity index is 2.15. The van der Waals surface area contributed by atoms with Crippen molar-refractivity contribution in [2.24, 2.45) is 11.8 Å². The van der Waals surface area contributed by atoms with Gasteiger partial charge in [-0.1, -0.05) is 25.0 Å². The number of carbonyl (C=O) groups is 1. The van der Waals surface area contributed by atoms with Crippen LogP contribution in [0.4, 0.5) is 0 Å². The fourth-order valence-electron chi connectivity index (χ4n) is 2.99. The van der Waals surface area contributed by atoms with Gasteiger partial charge in [0.2, 0.25) is 0 Å². The van der Waals surface area contributed by atoms with Gasteiger partial charge in [0, 0.05) is 12.8 Å². The molecule has 1 fully saturated rings. The molecular weight excluding hydrogens is 172 g/mol. The molecule has 2 aliphatic carbocycles. The smallest absolute Gasteiger partial charge is 0.133 e. The van der Waals surface area contributed by atoms with Gasteiger partial charge in [-0.25, -0.2) is 0 Å².